The Kier molecular flexibility index (Phi) is 9.76. The number of carbonyl (C=O) groups is 1. The van der Waals surface area contributed by atoms with Crippen LogP contribution >= 0.6 is 0 Å². The van der Waals surface area contributed by atoms with Crippen molar-refractivity contribution < 1.29 is 19.7 Å². The maximum atomic E-state index is 12.7. The van der Waals surface area contributed by atoms with E-state index in [-0.39, 0.29) is 40.5 Å². The average Bonchev–Trinajstić information content (AvgIpc) is 2.82. The van der Waals surface area contributed by atoms with Crippen LogP contribution in [0.15, 0.2) is 39.3 Å². The summed E-state index contributed by atoms with van der Waals surface area (Å²) in [6.45, 7) is 5.35. The van der Waals surface area contributed by atoms with E-state index in [1.165, 1.54) is 6.92 Å². The minimum atomic E-state index is -0.705. The number of carbonyl (C=O) groups excluding carboxylic acids is 1. The molecule has 2 rings (SSSR count). The Morgan fingerprint density at radius 2 is 2.00 bits per heavy atom. The van der Waals surface area contributed by atoms with Gasteiger partial charge in [-0.05, 0) is 31.4 Å². The van der Waals surface area contributed by atoms with E-state index < -0.39 is 24.0 Å². The quantitative estimate of drug-likeness (QED) is 0.378. The molecule has 0 aliphatic rings. The molecule has 0 amide bonds. The smallest absolute Gasteiger partial charge is 0.340 e. The first-order valence-corrected chi connectivity index (χ1v) is 11.0. The highest BCUT2D eigenvalue weighted by atomic mass is 16.5. The summed E-state index contributed by atoms with van der Waals surface area (Å²) < 4.78 is 6.37. The van der Waals surface area contributed by atoms with Gasteiger partial charge in [0.25, 0.3) is 5.56 Å². The zero-order chi connectivity index (χ0) is 24.4. The first-order valence-electron chi connectivity index (χ1n) is 11.0. The first kappa shape index (κ1) is 25.7. The van der Waals surface area contributed by atoms with Gasteiger partial charge in [-0.1, -0.05) is 45.2 Å². The van der Waals surface area contributed by atoms with Crippen LogP contribution < -0.4 is 5.56 Å². The number of hydrogen-bond donors (Lipinski definition) is 2. The van der Waals surface area contributed by atoms with Crippen molar-refractivity contribution in [3.63, 3.8) is 0 Å². The van der Waals surface area contributed by atoms with Gasteiger partial charge in [0.15, 0.2) is 5.69 Å². The maximum Gasteiger partial charge on any atom is 0.340 e. The molecule has 0 aliphatic carbocycles. The number of ether oxygens (including phenoxy) is 1. The Bertz CT molecular complexity index is 1100. The number of rotatable bonds is 11. The van der Waals surface area contributed by atoms with Crippen molar-refractivity contribution in [3.05, 3.63) is 51.3 Å². The van der Waals surface area contributed by atoms with E-state index in [4.69, 9.17) is 4.74 Å². The molecule has 0 saturated heterocycles. The van der Waals surface area contributed by atoms with Crippen LogP contribution in [0.2, 0.25) is 0 Å². The molecule has 0 saturated carbocycles. The second kappa shape index (κ2) is 12.5. The molecule has 0 aliphatic heterocycles. The number of aliphatic hydroxyl groups is 1. The Labute approximate surface area is 193 Å². The normalized spacial score (nSPS) is 12.0. The van der Waals surface area contributed by atoms with E-state index in [9.17, 15) is 25.1 Å². The van der Waals surface area contributed by atoms with Gasteiger partial charge in [0.1, 0.15) is 17.3 Å². The number of nitrogens with zero attached hydrogens (tertiary/aromatic N) is 4. The SMILES string of the molecule is CCCCC(CC)COC(=O)c1ccccc1N=Nc1c(C)c(C#N)c(O)n(CCO)c1=O. The zero-order valence-electron chi connectivity index (χ0n) is 19.2. The number of nitriles is 1. The number of hydrogen-bond acceptors (Lipinski definition) is 8. The van der Waals surface area contributed by atoms with Crippen LogP contribution in [-0.4, -0.2) is 34.0 Å². The molecule has 9 nitrogen and oxygen atoms in total. The fourth-order valence-corrected chi connectivity index (χ4v) is 3.37. The van der Waals surface area contributed by atoms with Crippen LogP contribution in [0, 0.1) is 24.2 Å². The summed E-state index contributed by atoms with van der Waals surface area (Å²) in [5.74, 6) is -0.778. The molecule has 1 atom stereocenters. The van der Waals surface area contributed by atoms with Crippen molar-refractivity contribution >= 4 is 17.3 Å². The molecule has 0 spiro atoms. The highest BCUT2D eigenvalue weighted by Crippen LogP contribution is 2.28. The van der Waals surface area contributed by atoms with Crippen LogP contribution in [0.4, 0.5) is 11.4 Å². The number of aromatic nitrogens is 1. The van der Waals surface area contributed by atoms with Gasteiger partial charge in [0.2, 0.25) is 5.88 Å². The van der Waals surface area contributed by atoms with E-state index in [1.54, 1.807) is 24.3 Å². The molecule has 176 valence electrons. The number of unbranched alkanes of at least 4 members (excludes halogenated alkanes) is 1. The highest BCUT2D eigenvalue weighted by Gasteiger charge is 2.20. The minimum Gasteiger partial charge on any atom is -0.493 e. The van der Waals surface area contributed by atoms with Crippen molar-refractivity contribution in [1.82, 2.24) is 4.57 Å². The minimum absolute atomic E-state index is 0.137. The van der Waals surface area contributed by atoms with Crippen LogP contribution in [0.1, 0.15) is 61.0 Å². The molecular weight excluding hydrogens is 424 g/mol. The fourth-order valence-electron chi connectivity index (χ4n) is 3.37. The molecule has 2 N–H and O–H groups in total. The molecule has 33 heavy (non-hydrogen) atoms. The van der Waals surface area contributed by atoms with Gasteiger partial charge in [-0.15, -0.1) is 10.2 Å². The number of esters is 1. The van der Waals surface area contributed by atoms with Crippen molar-refractivity contribution in [2.45, 2.75) is 53.0 Å². The molecule has 0 radical (unpaired) electrons. The molecule has 2 aromatic rings. The summed E-state index contributed by atoms with van der Waals surface area (Å²) in [6.07, 6.45) is 4.06. The Hall–Kier alpha value is -3.51. The Balaban J connectivity index is 2.36. The first-order chi connectivity index (χ1) is 15.9. The van der Waals surface area contributed by atoms with Crippen LogP contribution in [0.5, 0.6) is 5.88 Å². The van der Waals surface area contributed by atoms with Gasteiger partial charge >= 0.3 is 5.97 Å². The monoisotopic (exact) mass is 454 g/mol. The Morgan fingerprint density at radius 3 is 2.64 bits per heavy atom. The number of aliphatic hydroxyl groups excluding tert-OH is 1. The van der Waals surface area contributed by atoms with Crippen molar-refractivity contribution in [1.29, 1.82) is 5.26 Å². The lowest BCUT2D eigenvalue weighted by molar-refractivity contribution is 0.0429. The fraction of sp³-hybridized carbons (Fsp3) is 0.458. The van der Waals surface area contributed by atoms with Gasteiger partial charge in [0.05, 0.1) is 25.3 Å². The van der Waals surface area contributed by atoms with E-state index >= 15 is 0 Å². The lowest BCUT2D eigenvalue weighted by Gasteiger charge is -2.15. The second-order valence-corrected chi connectivity index (χ2v) is 7.70. The average molecular weight is 455 g/mol. The molecule has 1 unspecified atom stereocenters. The van der Waals surface area contributed by atoms with Crippen molar-refractivity contribution in [2.24, 2.45) is 16.1 Å². The van der Waals surface area contributed by atoms with E-state index in [2.05, 4.69) is 24.1 Å². The topological polar surface area (TPSA) is 137 Å². The predicted molar refractivity (Wildman–Crippen MR) is 123 cm³/mol. The predicted octanol–water partition coefficient (Wildman–Crippen LogP) is 4.51. The van der Waals surface area contributed by atoms with Crippen LogP contribution in [-0.2, 0) is 11.3 Å². The molecular formula is C24H30N4O5. The van der Waals surface area contributed by atoms with Crippen molar-refractivity contribution in [3.8, 4) is 11.9 Å². The lowest BCUT2D eigenvalue weighted by Crippen LogP contribution is -2.23. The van der Waals surface area contributed by atoms with Gasteiger partial charge in [-0.3, -0.25) is 9.36 Å². The number of pyridine rings is 1. The molecule has 1 aromatic heterocycles. The largest absolute Gasteiger partial charge is 0.493 e. The summed E-state index contributed by atoms with van der Waals surface area (Å²) in [4.78, 5) is 25.4. The summed E-state index contributed by atoms with van der Waals surface area (Å²) in [5.41, 5.74) is -0.431. The van der Waals surface area contributed by atoms with Gasteiger partial charge in [0, 0.05) is 5.56 Å². The summed E-state index contributed by atoms with van der Waals surface area (Å²) >= 11 is 0. The zero-order valence-corrected chi connectivity index (χ0v) is 19.2. The van der Waals surface area contributed by atoms with Crippen LogP contribution in [0.25, 0.3) is 0 Å². The highest BCUT2D eigenvalue weighted by molar-refractivity contribution is 5.94. The molecule has 0 fully saturated rings. The summed E-state index contributed by atoms with van der Waals surface area (Å²) in [5, 5.41) is 36.8. The van der Waals surface area contributed by atoms with Gasteiger partial charge in [-0.2, -0.15) is 5.26 Å². The standard InChI is InChI=1S/C24H30N4O5/c1-4-6-9-17(5-2)15-33-24(32)18-10-7-8-11-20(18)26-27-21-16(3)19(14-25)22(30)28(12-13-29)23(21)31/h7-8,10-11,17,29-30H,4-6,9,12-13,15H2,1-3H3. The molecule has 1 aromatic carbocycles. The third-order valence-electron chi connectivity index (χ3n) is 5.47. The summed E-state index contributed by atoms with van der Waals surface area (Å²) in [7, 11) is 0. The van der Waals surface area contributed by atoms with E-state index in [0.29, 0.717) is 6.61 Å². The third-order valence-corrected chi connectivity index (χ3v) is 5.47. The Morgan fingerprint density at radius 1 is 1.27 bits per heavy atom. The van der Waals surface area contributed by atoms with Crippen molar-refractivity contribution in [2.75, 3.05) is 13.2 Å². The number of aromatic hydroxyl groups is 1. The molecule has 9 heteroatoms. The number of benzene rings is 1. The second-order valence-electron chi connectivity index (χ2n) is 7.70. The summed E-state index contributed by atoms with van der Waals surface area (Å²) in [6, 6.07) is 8.33. The lowest BCUT2D eigenvalue weighted by atomic mass is 10.0. The van der Waals surface area contributed by atoms with E-state index in [1.807, 2.05) is 6.07 Å². The molecule has 0 bridgehead atoms. The van der Waals surface area contributed by atoms with Gasteiger partial charge in [-0.25, -0.2) is 4.79 Å². The maximum absolute atomic E-state index is 12.7. The molecule has 1 heterocycles. The number of azo groups is 1. The van der Waals surface area contributed by atoms with Gasteiger partial charge < -0.3 is 14.9 Å². The van der Waals surface area contributed by atoms with Crippen LogP contribution in [0.3, 0.4) is 0 Å². The van der Waals surface area contributed by atoms with E-state index in [0.717, 1.165) is 30.3 Å². The third kappa shape index (κ3) is 6.26.